The molecular weight excluding hydrogens is 877 g/mol. The van der Waals surface area contributed by atoms with E-state index in [1.165, 1.54) is 0 Å². The van der Waals surface area contributed by atoms with Crippen molar-refractivity contribution in [3.05, 3.63) is 227 Å². The average molecular weight is 931 g/mol. The second kappa shape index (κ2) is 19.6. The van der Waals surface area contributed by atoms with Gasteiger partial charge in [-0.2, -0.15) is 0 Å². The standard InChI is InChI=1S/2C30H27NO4/c2*1-3-35-28(33)23-18-20(2)30(26(23)27(32)22-14-8-5-9-15-22)24-16-10-11-17-25(24)31(29(30)34)19-21-12-6-4-7-13-21/h2*4-18,20,26H,3,19H2,1-2H3/t2*20-,26-,30-/m10/s1. The molecule has 70 heavy (non-hydrogen) atoms. The molecule has 0 fully saturated rings. The smallest absolute Gasteiger partial charge is 0.334 e. The van der Waals surface area contributed by atoms with Crippen LogP contribution in [-0.4, -0.2) is 48.5 Å². The van der Waals surface area contributed by atoms with Gasteiger partial charge in [0.15, 0.2) is 11.6 Å². The van der Waals surface area contributed by atoms with Crippen LogP contribution in [-0.2, 0) is 52.6 Å². The molecule has 10 rings (SSSR count). The van der Waals surface area contributed by atoms with E-state index in [0.29, 0.717) is 24.2 Å². The van der Waals surface area contributed by atoms with Gasteiger partial charge in [0.2, 0.25) is 11.8 Å². The summed E-state index contributed by atoms with van der Waals surface area (Å²) < 4.78 is 10.7. The molecule has 6 aromatic carbocycles. The third kappa shape index (κ3) is 7.77. The lowest BCUT2D eigenvalue weighted by molar-refractivity contribution is -0.140. The molecule has 10 heteroatoms. The molecule has 0 radical (unpaired) electrons. The van der Waals surface area contributed by atoms with E-state index < -0.39 is 34.6 Å². The molecule has 2 heterocycles. The molecule has 6 atom stereocenters. The van der Waals surface area contributed by atoms with Crippen molar-refractivity contribution in [2.75, 3.05) is 23.0 Å². The Morgan fingerprint density at radius 1 is 0.457 bits per heavy atom. The van der Waals surface area contributed by atoms with Crippen LogP contribution in [0.2, 0.25) is 0 Å². The lowest BCUT2D eigenvalue weighted by Gasteiger charge is -2.35. The Morgan fingerprint density at radius 2 is 0.771 bits per heavy atom. The summed E-state index contributed by atoms with van der Waals surface area (Å²) in [6, 6.07) is 52.6. The van der Waals surface area contributed by atoms with E-state index in [0.717, 1.165) is 33.6 Å². The second-order valence-electron chi connectivity index (χ2n) is 18.1. The van der Waals surface area contributed by atoms with Crippen LogP contribution in [0.15, 0.2) is 193 Å². The van der Waals surface area contributed by atoms with Crippen LogP contribution in [0.1, 0.15) is 70.7 Å². The summed E-state index contributed by atoms with van der Waals surface area (Å²) >= 11 is 0. The van der Waals surface area contributed by atoms with Crippen molar-refractivity contribution in [1.82, 2.24) is 0 Å². The minimum absolute atomic E-state index is 0.167. The minimum atomic E-state index is -1.22. The van der Waals surface area contributed by atoms with Crippen molar-refractivity contribution in [3.8, 4) is 0 Å². The largest absolute Gasteiger partial charge is 0.463 e. The number of hydrogen-bond donors (Lipinski definition) is 0. The van der Waals surface area contributed by atoms with E-state index in [9.17, 15) is 28.8 Å². The third-order valence-electron chi connectivity index (χ3n) is 14.3. The first-order chi connectivity index (χ1) is 34.0. The average Bonchev–Trinajstić information content (AvgIpc) is 4.05. The first kappa shape index (κ1) is 47.1. The summed E-state index contributed by atoms with van der Waals surface area (Å²) in [6.45, 7) is 8.44. The molecule has 2 amide bonds. The zero-order valence-electron chi connectivity index (χ0n) is 39.6. The van der Waals surface area contributed by atoms with Crippen molar-refractivity contribution < 1.29 is 38.2 Å². The van der Waals surface area contributed by atoms with Crippen LogP contribution < -0.4 is 9.80 Å². The molecule has 0 saturated heterocycles. The molecule has 0 saturated carbocycles. The predicted octanol–water partition coefficient (Wildman–Crippen LogP) is 10.2. The number of fused-ring (bicyclic) bond motifs is 4. The number of esters is 2. The fraction of sp³-hybridized carbons (Fsp3) is 0.233. The number of Topliss-reactive ketones (excluding diaryl/α,β-unsaturated/α-hetero) is 2. The summed E-state index contributed by atoms with van der Waals surface area (Å²) in [6.07, 6.45) is 3.54. The molecular formula is C60H54N2O8. The number of para-hydroxylation sites is 2. The fourth-order valence-corrected chi connectivity index (χ4v) is 11.3. The van der Waals surface area contributed by atoms with Gasteiger partial charge >= 0.3 is 11.9 Å². The number of hydrogen-bond acceptors (Lipinski definition) is 8. The third-order valence-corrected chi connectivity index (χ3v) is 14.3. The summed E-state index contributed by atoms with van der Waals surface area (Å²) in [5.41, 5.74) is 4.09. The number of nitrogens with zero attached hydrogens (tertiary/aromatic N) is 2. The number of carbonyl (C=O) groups excluding carboxylic acids is 6. The van der Waals surface area contributed by atoms with E-state index in [-0.39, 0.29) is 59.6 Å². The first-order valence-corrected chi connectivity index (χ1v) is 23.9. The Morgan fingerprint density at radius 3 is 1.11 bits per heavy atom. The van der Waals surface area contributed by atoms with Crippen LogP contribution in [0, 0.1) is 23.7 Å². The van der Waals surface area contributed by atoms with Crippen LogP contribution in [0.5, 0.6) is 0 Å². The molecule has 2 aliphatic carbocycles. The molecule has 10 nitrogen and oxygen atoms in total. The zero-order chi connectivity index (χ0) is 49.2. The van der Waals surface area contributed by atoms with Gasteiger partial charge in [-0.15, -0.1) is 0 Å². The summed E-state index contributed by atoms with van der Waals surface area (Å²) in [7, 11) is 0. The van der Waals surface area contributed by atoms with Crippen molar-refractivity contribution in [1.29, 1.82) is 0 Å². The van der Waals surface area contributed by atoms with Gasteiger partial charge in [-0.25, -0.2) is 9.59 Å². The van der Waals surface area contributed by atoms with Crippen molar-refractivity contribution >= 4 is 46.7 Å². The number of carbonyl (C=O) groups is 6. The van der Waals surface area contributed by atoms with E-state index >= 15 is 0 Å². The van der Waals surface area contributed by atoms with E-state index in [1.807, 2.05) is 135 Å². The summed E-state index contributed by atoms with van der Waals surface area (Å²) in [5.74, 6) is -4.64. The van der Waals surface area contributed by atoms with E-state index in [4.69, 9.17) is 9.47 Å². The van der Waals surface area contributed by atoms with Crippen molar-refractivity contribution in [3.63, 3.8) is 0 Å². The highest BCUT2D eigenvalue weighted by atomic mass is 16.5. The molecule has 2 spiro atoms. The molecule has 0 N–H and O–H groups in total. The van der Waals surface area contributed by atoms with Gasteiger partial charge < -0.3 is 19.3 Å². The highest BCUT2D eigenvalue weighted by Crippen LogP contribution is 2.59. The Bertz CT molecular complexity index is 2840. The zero-order valence-corrected chi connectivity index (χ0v) is 39.6. The molecule has 0 unspecified atom stereocenters. The Kier molecular flexibility index (Phi) is 13.2. The lowest BCUT2D eigenvalue weighted by Crippen LogP contribution is -2.50. The number of anilines is 2. The van der Waals surface area contributed by atoms with Crippen LogP contribution in [0.3, 0.4) is 0 Å². The highest BCUT2D eigenvalue weighted by molar-refractivity contribution is 6.19. The molecule has 6 aromatic rings. The molecule has 352 valence electrons. The topological polar surface area (TPSA) is 127 Å². The Hall–Kier alpha value is -7.98. The highest BCUT2D eigenvalue weighted by Gasteiger charge is 2.66. The van der Waals surface area contributed by atoms with Crippen LogP contribution in [0.4, 0.5) is 11.4 Å². The predicted molar refractivity (Wildman–Crippen MR) is 268 cm³/mol. The van der Waals surface area contributed by atoms with Gasteiger partial charge in [0.25, 0.3) is 0 Å². The quantitative estimate of drug-likeness (QED) is 0.0877. The van der Waals surface area contributed by atoms with Crippen LogP contribution >= 0.6 is 0 Å². The maximum atomic E-state index is 14.5. The van der Waals surface area contributed by atoms with Gasteiger partial charge in [-0.05, 0) is 60.1 Å². The van der Waals surface area contributed by atoms with Gasteiger partial charge in [0, 0.05) is 33.6 Å². The number of ketones is 2. The molecule has 0 bridgehead atoms. The maximum Gasteiger partial charge on any atom is 0.334 e. The number of ether oxygens (including phenoxy) is 2. The SMILES string of the molecule is CCOC(=O)C1=C[C@@H](C)[C@]2(C(=O)N(Cc3ccccc3)c3ccccc32)[C@H]1C(=O)c1ccccc1.CCOC(=O)C1=C[C@H](C)[C@@]2(C(=O)N(Cc3ccccc3)c3ccccc32)[C@@H]1C(=O)c1ccccc1. The van der Waals surface area contributed by atoms with E-state index in [2.05, 4.69) is 0 Å². The summed E-state index contributed by atoms with van der Waals surface area (Å²) in [5, 5.41) is 0. The number of allylic oxidation sites excluding steroid dienone is 2. The molecule has 4 aliphatic rings. The monoisotopic (exact) mass is 930 g/mol. The van der Waals surface area contributed by atoms with Gasteiger partial charge in [-0.3, -0.25) is 19.2 Å². The fourth-order valence-electron chi connectivity index (χ4n) is 11.3. The summed E-state index contributed by atoms with van der Waals surface area (Å²) in [4.78, 5) is 86.8. The lowest BCUT2D eigenvalue weighted by atomic mass is 9.64. The van der Waals surface area contributed by atoms with Crippen LogP contribution in [0.25, 0.3) is 0 Å². The molecule has 2 aliphatic heterocycles. The number of amides is 2. The number of rotatable bonds is 12. The number of benzene rings is 6. The first-order valence-electron chi connectivity index (χ1n) is 23.9. The normalized spacial score (nSPS) is 22.7. The second-order valence-corrected chi connectivity index (χ2v) is 18.1. The van der Waals surface area contributed by atoms with Crippen molar-refractivity contribution in [2.24, 2.45) is 23.7 Å². The Labute approximate surface area is 408 Å². The Balaban J connectivity index is 0.000000174. The maximum absolute atomic E-state index is 14.5. The van der Waals surface area contributed by atoms with Gasteiger partial charge in [-0.1, -0.05) is 184 Å². The molecule has 0 aromatic heterocycles. The minimum Gasteiger partial charge on any atom is -0.463 e. The van der Waals surface area contributed by atoms with Crippen molar-refractivity contribution in [2.45, 2.75) is 51.6 Å². The van der Waals surface area contributed by atoms with Gasteiger partial charge in [0.1, 0.15) is 0 Å². The van der Waals surface area contributed by atoms with Gasteiger partial charge in [0.05, 0.1) is 49.0 Å². The van der Waals surface area contributed by atoms with E-state index in [1.54, 1.807) is 84.3 Å².